The van der Waals surface area contributed by atoms with Crippen molar-refractivity contribution in [2.75, 3.05) is 17.2 Å². The molecule has 2 heterocycles. The van der Waals surface area contributed by atoms with Crippen molar-refractivity contribution >= 4 is 23.0 Å². The van der Waals surface area contributed by atoms with Crippen LogP contribution in [0.2, 0.25) is 5.02 Å². The third kappa shape index (κ3) is 2.39. The van der Waals surface area contributed by atoms with Crippen molar-refractivity contribution in [3.8, 4) is 11.1 Å². The highest BCUT2D eigenvalue weighted by Crippen LogP contribution is 2.49. The summed E-state index contributed by atoms with van der Waals surface area (Å²) < 4.78 is 0. The highest BCUT2D eigenvalue weighted by atomic mass is 35.5. The topological polar surface area (TPSA) is 24.1 Å². The largest absolute Gasteiger partial charge is 0.384 e. The second kappa shape index (κ2) is 5.42. The first kappa shape index (κ1) is 15.8. The molecule has 0 saturated heterocycles. The van der Waals surface area contributed by atoms with E-state index in [9.17, 15) is 0 Å². The molecule has 1 atom stereocenters. The maximum absolute atomic E-state index is 6.96. The SMILES string of the molecule is Cc1cc(-c2cccc3c2NCC3)c(Cl)c2c1NC(C)(C)CC2C. The first-order chi connectivity index (χ1) is 11.4. The molecule has 1 unspecified atom stereocenters. The zero-order valence-electron chi connectivity index (χ0n) is 14.9. The first-order valence-electron chi connectivity index (χ1n) is 8.85. The van der Waals surface area contributed by atoms with E-state index in [2.05, 4.69) is 62.6 Å². The first-order valence-corrected chi connectivity index (χ1v) is 9.22. The van der Waals surface area contributed by atoms with Gasteiger partial charge in [0.2, 0.25) is 0 Å². The number of rotatable bonds is 1. The molecule has 24 heavy (non-hydrogen) atoms. The summed E-state index contributed by atoms with van der Waals surface area (Å²) in [6.45, 7) is 10.0. The van der Waals surface area contributed by atoms with Crippen molar-refractivity contribution in [3.63, 3.8) is 0 Å². The van der Waals surface area contributed by atoms with Gasteiger partial charge in [-0.05, 0) is 62.3 Å². The highest BCUT2D eigenvalue weighted by Gasteiger charge is 2.33. The summed E-state index contributed by atoms with van der Waals surface area (Å²) in [6.07, 6.45) is 2.19. The Labute approximate surface area is 149 Å². The van der Waals surface area contributed by atoms with Crippen LogP contribution in [0.5, 0.6) is 0 Å². The molecule has 2 aromatic rings. The second-order valence-electron chi connectivity index (χ2n) is 7.97. The van der Waals surface area contributed by atoms with Gasteiger partial charge in [-0.15, -0.1) is 0 Å². The molecule has 0 spiro atoms. The minimum absolute atomic E-state index is 0.109. The number of anilines is 2. The van der Waals surface area contributed by atoms with Crippen LogP contribution >= 0.6 is 11.6 Å². The zero-order valence-corrected chi connectivity index (χ0v) is 15.6. The molecule has 3 heteroatoms. The van der Waals surface area contributed by atoms with Crippen molar-refractivity contribution in [3.05, 3.63) is 46.0 Å². The Morgan fingerprint density at radius 3 is 2.75 bits per heavy atom. The van der Waals surface area contributed by atoms with Crippen molar-refractivity contribution in [2.45, 2.75) is 52.0 Å². The summed E-state index contributed by atoms with van der Waals surface area (Å²) in [5, 5.41) is 8.16. The predicted molar refractivity (Wildman–Crippen MR) is 105 cm³/mol. The Kier molecular flexibility index (Phi) is 3.58. The van der Waals surface area contributed by atoms with Crippen LogP contribution in [-0.2, 0) is 6.42 Å². The van der Waals surface area contributed by atoms with Gasteiger partial charge in [-0.2, -0.15) is 0 Å². The van der Waals surface area contributed by atoms with Gasteiger partial charge in [0.25, 0.3) is 0 Å². The van der Waals surface area contributed by atoms with Gasteiger partial charge >= 0.3 is 0 Å². The van der Waals surface area contributed by atoms with Crippen molar-refractivity contribution in [1.29, 1.82) is 0 Å². The Hall–Kier alpha value is -1.67. The summed E-state index contributed by atoms with van der Waals surface area (Å²) in [4.78, 5) is 0. The standard InChI is InChI=1S/C21H25ClN2/c1-12-10-16(15-7-5-6-14-8-9-23-20(14)15)18(22)17-13(2)11-21(3,4)24-19(12)17/h5-7,10,13,23-24H,8-9,11H2,1-4H3. The Bertz CT molecular complexity index is 823. The minimum Gasteiger partial charge on any atom is -0.384 e. The van der Waals surface area contributed by atoms with Crippen LogP contribution in [-0.4, -0.2) is 12.1 Å². The molecule has 2 N–H and O–H groups in total. The fraction of sp³-hybridized carbons (Fsp3) is 0.429. The number of hydrogen-bond acceptors (Lipinski definition) is 2. The maximum atomic E-state index is 6.96. The molecule has 2 nitrogen and oxygen atoms in total. The zero-order chi connectivity index (χ0) is 17.1. The average molecular weight is 341 g/mol. The number of nitrogens with one attached hydrogen (secondary N) is 2. The summed E-state index contributed by atoms with van der Waals surface area (Å²) in [7, 11) is 0. The van der Waals surface area contributed by atoms with Gasteiger partial charge in [0.05, 0.1) is 5.02 Å². The number of benzene rings is 2. The normalized spacial score (nSPS) is 20.8. The molecule has 0 radical (unpaired) electrons. The smallest absolute Gasteiger partial charge is 0.0540 e. The second-order valence-corrected chi connectivity index (χ2v) is 8.35. The van der Waals surface area contributed by atoms with Crippen LogP contribution in [0.15, 0.2) is 24.3 Å². The van der Waals surface area contributed by atoms with Gasteiger partial charge in [0.15, 0.2) is 0 Å². The van der Waals surface area contributed by atoms with E-state index in [0.717, 1.165) is 30.0 Å². The van der Waals surface area contributed by atoms with E-state index in [1.54, 1.807) is 0 Å². The highest BCUT2D eigenvalue weighted by molar-refractivity contribution is 6.35. The predicted octanol–water partition coefficient (Wildman–Crippen LogP) is 5.98. The van der Waals surface area contributed by atoms with E-state index in [0.29, 0.717) is 5.92 Å². The van der Waals surface area contributed by atoms with Crippen LogP contribution in [0.25, 0.3) is 11.1 Å². The van der Waals surface area contributed by atoms with E-state index >= 15 is 0 Å². The van der Waals surface area contributed by atoms with Crippen molar-refractivity contribution < 1.29 is 0 Å². The third-order valence-corrected chi connectivity index (χ3v) is 5.81. The molecular formula is C21H25ClN2. The average Bonchev–Trinajstić information content (AvgIpc) is 2.98. The third-order valence-electron chi connectivity index (χ3n) is 5.41. The fourth-order valence-corrected chi connectivity index (χ4v) is 4.90. The Morgan fingerprint density at radius 2 is 1.96 bits per heavy atom. The summed E-state index contributed by atoms with van der Waals surface area (Å²) in [5.74, 6) is 0.451. The lowest BCUT2D eigenvalue weighted by Gasteiger charge is -2.39. The summed E-state index contributed by atoms with van der Waals surface area (Å²) in [6, 6.07) is 8.80. The molecule has 4 rings (SSSR count). The number of para-hydroxylation sites is 1. The Morgan fingerprint density at radius 1 is 1.17 bits per heavy atom. The van der Waals surface area contributed by atoms with Crippen LogP contribution in [0.3, 0.4) is 0 Å². The van der Waals surface area contributed by atoms with Crippen molar-refractivity contribution in [2.24, 2.45) is 0 Å². The lowest BCUT2D eigenvalue weighted by Crippen LogP contribution is -2.37. The summed E-state index contributed by atoms with van der Waals surface area (Å²) in [5.41, 5.74) is 8.94. The lowest BCUT2D eigenvalue weighted by molar-refractivity contribution is 0.454. The van der Waals surface area contributed by atoms with Crippen molar-refractivity contribution in [1.82, 2.24) is 0 Å². The maximum Gasteiger partial charge on any atom is 0.0540 e. The molecule has 2 aliphatic heterocycles. The van der Waals surface area contributed by atoms with Gasteiger partial charge in [-0.3, -0.25) is 0 Å². The van der Waals surface area contributed by atoms with Crippen LogP contribution in [0.4, 0.5) is 11.4 Å². The molecule has 2 aliphatic rings. The van der Waals surface area contributed by atoms with E-state index in [4.69, 9.17) is 11.6 Å². The molecule has 0 saturated carbocycles. The molecule has 0 aliphatic carbocycles. The number of fused-ring (bicyclic) bond motifs is 2. The number of halogens is 1. The van der Waals surface area contributed by atoms with E-state index < -0.39 is 0 Å². The van der Waals surface area contributed by atoms with E-state index in [-0.39, 0.29) is 5.54 Å². The van der Waals surface area contributed by atoms with Gasteiger partial charge in [-0.25, -0.2) is 0 Å². The van der Waals surface area contributed by atoms with Gasteiger partial charge in [0.1, 0.15) is 0 Å². The van der Waals surface area contributed by atoms with Gasteiger partial charge in [-0.1, -0.05) is 36.7 Å². The molecular weight excluding hydrogens is 316 g/mol. The van der Waals surface area contributed by atoms with Crippen LogP contribution in [0, 0.1) is 6.92 Å². The van der Waals surface area contributed by atoms with Crippen LogP contribution < -0.4 is 10.6 Å². The Balaban J connectivity index is 1.93. The molecule has 0 aromatic heterocycles. The van der Waals surface area contributed by atoms with Gasteiger partial charge in [0, 0.05) is 34.6 Å². The fourth-order valence-electron chi connectivity index (χ4n) is 4.46. The monoisotopic (exact) mass is 340 g/mol. The number of hydrogen-bond donors (Lipinski definition) is 2. The number of aryl methyl sites for hydroxylation is 1. The molecule has 126 valence electrons. The summed E-state index contributed by atoms with van der Waals surface area (Å²) >= 11 is 6.96. The lowest BCUT2D eigenvalue weighted by atomic mass is 9.79. The molecule has 2 aromatic carbocycles. The van der Waals surface area contributed by atoms with E-state index in [1.807, 2.05) is 0 Å². The molecule has 0 bridgehead atoms. The van der Waals surface area contributed by atoms with Gasteiger partial charge < -0.3 is 10.6 Å². The molecule has 0 fully saturated rings. The minimum atomic E-state index is 0.109. The molecule has 0 amide bonds. The quantitative estimate of drug-likeness (QED) is 0.667. The van der Waals surface area contributed by atoms with Crippen LogP contribution in [0.1, 0.15) is 49.8 Å². The van der Waals surface area contributed by atoms with E-state index in [1.165, 1.54) is 33.6 Å².